The van der Waals surface area contributed by atoms with Crippen molar-refractivity contribution in [2.75, 3.05) is 7.05 Å². The lowest BCUT2D eigenvalue weighted by atomic mass is 10.2. The Labute approximate surface area is 100 Å². The highest BCUT2D eigenvalue weighted by Crippen LogP contribution is 2.14. The first-order valence-corrected chi connectivity index (χ1v) is 5.49. The number of ether oxygens (including phenoxy) is 1. The number of aromatic nitrogens is 3. The summed E-state index contributed by atoms with van der Waals surface area (Å²) in [4.78, 5) is 0. The maximum absolute atomic E-state index is 5.65. The molecule has 0 radical (unpaired) electrons. The van der Waals surface area contributed by atoms with Crippen molar-refractivity contribution in [1.82, 2.24) is 20.3 Å². The van der Waals surface area contributed by atoms with Gasteiger partial charge in [-0.25, -0.2) is 0 Å². The Morgan fingerprint density at radius 2 is 2.29 bits per heavy atom. The van der Waals surface area contributed by atoms with Gasteiger partial charge in [0.15, 0.2) is 0 Å². The number of nitrogens with one attached hydrogen (secondary N) is 1. The lowest BCUT2D eigenvalue weighted by Gasteiger charge is -2.06. The smallest absolute Gasteiger partial charge is 0.134 e. The van der Waals surface area contributed by atoms with Gasteiger partial charge in [0, 0.05) is 13.6 Å². The van der Waals surface area contributed by atoms with Crippen molar-refractivity contribution in [2.24, 2.45) is 7.05 Å². The van der Waals surface area contributed by atoms with Gasteiger partial charge in [-0.05, 0) is 24.7 Å². The summed E-state index contributed by atoms with van der Waals surface area (Å²) in [5.74, 6) is 0.850. The van der Waals surface area contributed by atoms with E-state index in [4.69, 9.17) is 4.74 Å². The van der Waals surface area contributed by atoms with Crippen LogP contribution in [0.15, 0.2) is 30.5 Å². The van der Waals surface area contributed by atoms with Crippen molar-refractivity contribution in [3.63, 3.8) is 0 Å². The Kier molecular flexibility index (Phi) is 3.72. The van der Waals surface area contributed by atoms with Gasteiger partial charge in [0.2, 0.25) is 0 Å². The second-order valence-electron chi connectivity index (χ2n) is 3.85. The Balaban J connectivity index is 1.96. The van der Waals surface area contributed by atoms with Crippen molar-refractivity contribution in [3.8, 4) is 5.75 Å². The normalized spacial score (nSPS) is 10.5. The largest absolute Gasteiger partial charge is 0.487 e. The lowest BCUT2D eigenvalue weighted by molar-refractivity contribution is 0.301. The summed E-state index contributed by atoms with van der Waals surface area (Å²) in [5, 5.41) is 10.9. The van der Waals surface area contributed by atoms with Gasteiger partial charge in [0.05, 0.1) is 6.20 Å². The number of hydrogen-bond donors (Lipinski definition) is 1. The number of rotatable bonds is 5. The van der Waals surface area contributed by atoms with E-state index in [-0.39, 0.29) is 0 Å². The number of aryl methyl sites for hydroxylation is 1. The molecule has 90 valence electrons. The van der Waals surface area contributed by atoms with Crippen LogP contribution in [-0.2, 0) is 20.2 Å². The Hall–Kier alpha value is -1.88. The van der Waals surface area contributed by atoms with Crippen LogP contribution in [0.1, 0.15) is 11.3 Å². The molecule has 0 spiro atoms. The summed E-state index contributed by atoms with van der Waals surface area (Å²) in [7, 11) is 3.76. The summed E-state index contributed by atoms with van der Waals surface area (Å²) in [6.45, 7) is 1.28. The molecule has 0 aliphatic heterocycles. The average molecular weight is 232 g/mol. The van der Waals surface area contributed by atoms with Gasteiger partial charge in [0.1, 0.15) is 18.1 Å². The molecule has 2 aromatic rings. The molecule has 0 unspecified atom stereocenters. The average Bonchev–Trinajstić information content (AvgIpc) is 2.74. The molecule has 1 aromatic carbocycles. The highest BCUT2D eigenvalue weighted by Gasteiger charge is 2.00. The molecule has 2 rings (SSSR count). The van der Waals surface area contributed by atoms with Gasteiger partial charge in [-0.15, -0.1) is 5.10 Å². The molecule has 17 heavy (non-hydrogen) atoms. The van der Waals surface area contributed by atoms with Gasteiger partial charge in [-0.3, -0.25) is 4.68 Å². The third-order valence-electron chi connectivity index (χ3n) is 2.32. The van der Waals surface area contributed by atoms with E-state index in [1.165, 1.54) is 5.56 Å². The zero-order valence-electron chi connectivity index (χ0n) is 10.1. The van der Waals surface area contributed by atoms with Gasteiger partial charge in [-0.2, -0.15) is 0 Å². The predicted molar refractivity (Wildman–Crippen MR) is 64.5 cm³/mol. The van der Waals surface area contributed by atoms with E-state index >= 15 is 0 Å². The standard InChI is InChI=1S/C12H16N4O/c1-13-7-10-4-3-5-12(6-10)17-9-11-8-16(2)15-14-11/h3-6,8,13H,7,9H2,1-2H3. The molecule has 0 saturated heterocycles. The molecule has 0 bridgehead atoms. The highest BCUT2D eigenvalue weighted by molar-refractivity contribution is 5.28. The van der Waals surface area contributed by atoms with Crippen molar-refractivity contribution >= 4 is 0 Å². The zero-order chi connectivity index (χ0) is 12.1. The molecule has 5 nitrogen and oxygen atoms in total. The first-order valence-electron chi connectivity index (χ1n) is 5.49. The first-order chi connectivity index (χ1) is 8.28. The van der Waals surface area contributed by atoms with E-state index in [9.17, 15) is 0 Å². The fourth-order valence-electron chi connectivity index (χ4n) is 1.57. The van der Waals surface area contributed by atoms with Crippen LogP contribution in [0.5, 0.6) is 5.75 Å². The van der Waals surface area contributed by atoms with E-state index in [0.717, 1.165) is 18.0 Å². The van der Waals surface area contributed by atoms with Crippen LogP contribution in [0, 0.1) is 0 Å². The van der Waals surface area contributed by atoms with E-state index < -0.39 is 0 Å². The van der Waals surface area contributed by atoms with Crippen LogP contribution < -0.4 is 10.1 Å². The lowest BCUT2D eigenvalue weighted by Crippen LogP contribution is -2.05. The fourth-order valence-corrected chi connectivity index (χ4v) is 1.57. The monoisotopic (exact) mass is 232 g/mol. The van der Waals surface area contributed by atoms with Gasteiger partial charge < -0.3 is 10.1 Å². The minimum absolute atomic E-state index is 0.441. The molecule has 0 fully saturated rings. The molecular formula is C12H16N4O. The molecule has 0 aliphatic carbocycles. The minimum atomic E-state index is 0.441. The van der Waals surface area contributed by atoms with Crippen LogP contribution in [0.2, 0.25) is 0 Å². The van der Waals surface area contributed by atoms with Gasteiger partial charge >= 0.3 is 0 Å². The summed E-state index contributed by atoms with van der Waals surface area (Å²) in [6.07, 6.45) is 1.84. The second-order valence-corrected chi connectivity index (χ2v) is 3.85. The molecular weight excluding hydrogens is 216 g/mol. The van der Waals surface area contributed by atoms with E-state index in [2.05, 4.69) is 21.7 Å². The second kappa shape index (κ2) is 5.45. The number of nitrogens with zero attached hydrogens (tertiary/aromatic N) is 3. The maximum Gasteiger partial charge on any atom is 0.134 e. The first kappa shape index (κ1) is 11.6. The van der Waals surface area contributed by atoms with Crippen LogP contribution in [0.25, 0.3) is 0 Å². The molecule has 1 N–H and O–H groups in total. The Bertz CT molecular complexity index is 481. The van der Waals surface area contributed by atoms with E-state index in [0.29, 0.717) is 6.61 Å². The van der Waals surface area contributed by atoms with Crippen molar-refractivity contribution < 1.29 is 4.74 Å². The maximum atomic E-state index is 5.65. The molecule has 1 aromatic heterocycles. The van der Waals surface area contributed by atoms with Gasteiger partial charge in [-0.1, -0.05) is 17.3 Å². The molecule has 5 heteroatoms. The molecule has 0 aliphatic rings. The number of benzene rings is 1. The van der Waals surface area contributed by atoms with Crippen molar-refractivity contribution in [3.05, 3.63) is 41.7 Å². The summed E-state index contributed by atoms with van der Waals surface area (Å²) in [6, 6.07) is 8.01. The minimum Gasteiger partial charge on any atom is -0.487 e. The Morgan fingerprint density at radius 3 is 3.00 bits per heavy atom. The topological polar surface area (TPSA) is 52.0 Å². The van der Waals surface area contributed by atoms with Crippen LogP contribution in [-0.4, -0.2) is 22.0 Å². The number of hydrogen-bond acceptors (Lipinski definition) is 4. The quantitative estimate of drug-likeness (QED) is 0.839. The van der Waals surface area contributed by atoms with E-state index in [1.54, 1.807) is 4.68 Å². The third-order valence-corrected chi connectivity index (χ3v) is 2.32. The van der Waals surface area contributed by atoms with Crippen LogP contribution in [0.4, 0.5) is 0 Å². The van der Waals surface area contributed by atoms with Crippen LogP contribution >= 0.6 is 0 Å². The predicted octanol–water partition coefficient (Wildman–Crippen LogP) is 1.11. The van der Waals surface area contributed by atoms with Crippen LogP contribution in [0.3, 0.4) is 0 Å². The fraction of sp³-hybridized carbons (Fsp3) is 0.333. The summed E-state index contributed by atoms with van der Waals surface area (Å²) >= 11 is 0. The van der Waals surface area contributed by atoms with Gasteiger partial charge in [0.25, 0.3) is 0 Å². The Morgan fingerprint density at radius 1 is 1.41 bits per heavy atom. The van der Waals surface area contributed by atoms with E-state index in [1.807, 2.05) is 38.5 Å². The highest BCUT2D eigenvalue weighted by atomic mass is 16.5. The molecule has 0 atom stereocenters. The summed E-state index contributed by atoms with van der Waals surface area (Å²) in [5.41, 5.74) is 2.02. The SMILES string of the molecule is CNCc1cccc(OCc2cn(C)nn2)c1. The molecule has 1 heterocycles. The van der Waals surface area contributed by atoms with Crippen molar-refractivity contribution in [1.29, 1.82) is 0 Å². The summed E-state index contributed by atoms with van der Waals surface area (Å²) < 4.78 is 7.31. The third kappa shape index (κ3) is 3.29. The molecule has 0 saturated carbocycles. The molecule has 0 amide bonds. The zero-order valence-corrected chi connectivity index (χ0v) is 10.1. The van der Waals surface area contributed by atoms with Crippen molar-refractivity contribution in [2.45, 2.75) is 13.2 Å².